The molecular formula is C11H6Cl2FN. The summed E-state index contributed by atoms with van der Waals surface area (Å²) in [6.07, 6.45) is 2.81. The predicted molar refractivity (Wildman–Crippen MR) is 59.7 cm³/mol. The summed E-state index contributed by atoms with van der Waals surface area (Å²) in [5.74, 6) is -0.367. The predicted octanol–water partition coefficient (Wildman–Crippen LogP) is 4.19. The Hall–Kier alpha value is -1.12. The zero-order chi connectivity index (χ0) is 10.8. The van der Waals surface area contributed by atoms with Gasteiger partial charge in [0.2, 0.25) is 0 Å². The van der Waals surface area contributed by atoms with Crippen LogP contribution in [-0.2, 0) is 0 Å². The molecule has 0 saturated carbocycles. The number of hydrogen-bond donors (Lipinski definition) is 0. The SMILES string of the molecule is Fc1ccncc1-c1cccc(Cl)c1Cl. The molecule has 1 heterocycles. The van der Waals surface area contributed by atoms with Crippen LogP contribution < -0.4 is 0 Å². The molecule has 0 aliphatic rings. The van der Waals surface area contributed by atoms with Crippen molar-refractivity contribution in [2.45, 2.75) is 0 Å². The summed E-state index contributed by atoms with van der Waals surface area (Å²) >= 11 is 11.8. The van der Waals surface area contributed by atoms with E-state index in [1.54, 1.807) is 18.2 Å². The van der Waals surface area contributed by atoms with Crippen LogP contribution in [0.3, 0.4) is 0 Å². The number of halogens is 3. The van der Waals surface area contributed by atoms with Crippen molar-refractivity contribution in [3.05, 3.63) is 52.5 Å². The molecule has 76 valence electrons. The lowest BCUT2D eigenvalue weighted by molar-refractivity contribution is 0.629. The van der Waals surface area contributed by atoms with Crippen LogP contribution in [0.1, 0.15) is 0 Å². The van der Waals surface area contributed by atoms with Gasteiger partial charge in [-0.1, -0.05) is 35.3 Å². The van der Waals surface area contributed by atoms with Gasteiger partial charge in [0.1, 0.15) is 5.82 Å². The maximum absolute atomic E-state index is 13.4. The average molecular weight is 242 g/mol. The number of nitrogens with zero attached hydrogens (tertiary/aromatic N) is 1. The van der Waals surface area contributed by atoms with Gasteiger partial charge in [0.05, 0.1) is 10.0 Å². The van der Waals surface area contributed by atoms with E-state index in [4.69, 9.17) is 23.2 Å². The summed E-state index contributed by atoms with van der Waals surface area (Å²) in [6, 6.07) is 6.36. The standard InChI is InChI=1S/C11H6Cl2FN/c12-9-3-1-2-7(11(9)13)8-6-15-5-4-10(8)14/h1-6H. The largest absolute Gasteiger partial charge is 0.264 e. The van der Waals surface area contributed by atoms with Crippen molar-refractivity contribution in [1.82, 2.24) is 4.98 Å². The maximum Gasteiger partial charge on any atom is 0.134 e. The van der Waals surface area contributed by atoms with Crippen molar-refractivity contribution in [3.8, 4) is 11.1 Å². The molecule has 0 amide bonds. The first-order valence-electron chi connectivity index (χ1n) is 4.24. The zero-order valence-corrected chi connectivity index (χ0v) is 9.06. The summed E-state index contributed by atoms with van der Waals surface area (Å²) in [7, 11) is 0. The monoisotopic (exact) mass is 241 g/mol. The van der Waals surface area contributed by atoms with Crippen molar-refractivity contribution in [3.63, 3.8) is 0 Å². The van der Waals surface area contributed by atoms with Crippen molar-refractivity contribution in [2.75, 3.05) is 0 Å². The van der Waals surface area contributed by atoms with Gasteiger partial charge in [-0.25, -0.2) is 4.39 Å². The Balaban J connectivity index is 2.65. The van der Waals surface area contributed by atoms with Gasteiger partial charge in [-0.15, -0.1) is 0 Å². The fourth-order valence-corrected chi connectivity index (χ4v) is 1.69. The molecule has 1 nitrogen and oxygen atoms in total. The van der Waals surface area contributed by atoms with Gasteiger partial charge < -0.3 is 0 Å². The zero-order valence-electron chi connectivity index (χ0n) is 7.55. The van der Waals surface area contributed by atoms with Crippen LogP contribution >= 0.6 is 23.2 Å². The molecule has 0 bridgehead atoms. The fraction of sp³-hybridized carbons (Fsp3) is 0. The molecule has 0 aliphatic heterocycles. The van der Waals surface area contributed by atoms with Crippen molar-refractivity contribution < 1.29 is 4.39 Å². The van der Waals surface area contributed by atoms with E-state index in [-0.39, 0.29) is 5.82 Å². The highest BCUT2D eigenvalue weighted by atomic mass is 35.5. The van der Waals surface area contributed by atoms with E-state index in [0.29, 0.717) is 21.2 Å². The van der Waals surface area contributed by atoms with E-state index < -0.39 is 0 Å². The highest BCUT2D eigenvalue weighted by Crippen LogP contribution is 2.33. The second-order valence-electron chi connectivity index (χ2n) is 2.96. The summed E-state index contributed by atoms with van der Waals surface area (Å²) in [5.41, 5.74) is 0.903. The summed E-state index contributed by atoms with van der Waals surface area (Å²) in [4.78, 5) is 3.85. The molecule has 2 aromatic rings. The van der Waals surface area contributed by atoms with Crippen LogP contribution in [0.15, 0.2) is 36.7 Å². The Morgan fingerprint density at radius 3 is 2.60 bits per heavy atom. The van der Waals surface area contributed by atoms with Crippen LogP contribution in [0.5, 0.6) is 0 Å². The Bertz CT molecular complexity index is 500. The molecule has 2 rings (SSSR count). The van der Waals surface area contributed by atoms with Crippen LogP contribution in [0, 0.1) is 5.82 Å². The van der Waals surface area contributed by atoms with Gasteiger partial charge in [-0.3, -0.25) is 4.98 Å². The minimum Gasteiger partial charge on any atom is -0.264 e. The molecule has 15 heavy (non-hydrogen) atoms. The minimum absolute atomic E-state index is 0.339. The second-order valence-corrected chi connectivity index (χ2v) is 3.74. The van der Waals surface area contributed by atoms with Gasteiger partial charge >= 0.3 is 0 Å². The molecule has 1 aromatic heterocycles. The maximum atomic E-state index is 13.4. The number of hydrogen-bond acceptors (Lipinski definition) is 1. The van der Waals surface area contributed by atoms with Crippen LogP contribution in [0.25, 0.3) is 11.1 Å². The number of rotatable bonds is 1. The highest BCUT2D eigenvalue weighted by Gasteiger charge is 2.10. The van der Waals surface area contributed by atoms with Crippen molar-refractivity contribution >= 4 is 23.2 Å². The van der Waals surface area contributed by atoms with E-state index in [0.717, 1.165) is 0 Å². The van der Waals surface area contributed by atoms with Crippen LogP contribution in [0.2, 0.25) is 10.0 Å². The molecule has 0 atom stereocenters. The van der Waals surface area contributed by atoms with Gasteiger partial charge in [-0.05, 0) is 12.1 Å². The topological polar surface area (TPSA) is 12.9 Å². The van der Waals surface area contributed by atoms with Crippen LogP contribution in [-0.4, -0.2) is 4.98 Å². The summed E-state index contributed by atoms with van der Waals surface area (Å²) in [5, 5.41) is 0.739. The minimum atomic E-state index is -0.367. The third-order valence-electron chi connectivity index (χ3n) is 2.01. The average Bonchev–Trinajstić information content (AvgIpc) is 2.23. The lowest BCUT2D eigenvalue weighted by atomic mass is 10.1. The van der Waals surface area contributed by atoms with E-state index in [9.17, 15) is 4.39 Å². The van der Waals surface area contributed by atoms with Gasteiger partial charge in [0, 0.05) is 23.5 Å². The first-order valence-corrected chi connectivity index (χ1v) is 4.99. The Morgan fingerprint density at radius 1 is 1.07 bits per heavy atom. The third kappa shape index (κ3) is 1.96. The molecule has 1 aromatic carbocycles. The molecule has 0 spiro atoms. The molecular weight excluding hydrogens is 236 g/mol. The van der Waals surface area contributed by atoms with E-state index in [2.05, 4.69) is 4.98 Å². The van der Waals surface area contributed by atoms with E-state index >= 15 is 0 Å². The normalized spacial score (nSPS) is 10.3. The summed E-state index contributed by atoms with van der Waals surface area (Å²) in [6.45, 7) is 0. The van der Waals surface area contributed by atoms with Gasteiger partial charge in [0.15, 0.2) is 0 Å². The molecule has 0 fully saturated rings. The number of benzene rings is 1. The fourth-order valence-electron chi connectivity index (χ4n) is 1.29. The Morgan fingerprint density at radius 2 is 1.87 bits per heavy atom. The van der Waals surface area contributed by atoms with Crippen molar-refractivity contribution in [2.24, 2.45) is 0 Å². The van der Waals surface area contributed by atoms with Crippen LogP contribution in [0.4, 0.5) is 4.39 Å². The first-order chi connectivity index (χ1) is 7.20. The van der Waals surface area contributed by atoms with E-state index in [1.807, 2.05) is 0 Å². The van der Waals surface area contributed by atoms with Crippen molar-refractivity contribution in [1.29, 1.82) is 0 Å². The Kier molecular flexibility index (Phi) is 2.89. The van der Waals surface area contributed by atoms with Gasteiger partial charge in [-0.2, -0.15) is 0 Å². The third-order valence-corrected chi connectivity index (χ3v) is 2.83. The van der Waals surface area contributed by atoms with E-state index in [1.165, 1.54) is 18.5 Å². The van der Waals surface area contributed by atoms with Gasteiger partial charge in [0.25, 0.3) is 0 Å². The number of aromatic nitrogens is 1. The molecule has 0 saturated heterocycles. The summed E-state index contributed by atoms with van der Waals surface area (Å²) < 4.78 is 13.4. The lowest BCUT2D eigenvalue weighted by Crippen LogP contribution is -1.86. The molecule has 0 N–H and O–H groups in total. The highest BCUT2D eigenvalue weighted by molar-refractivity contribution is 6.43. The first kappa shape index (κ1) is 10.4. The molecule has 0 unspecified atom stereocenters. The molecule has 4 heteroatoms. The Labute approximate surface area is 96.5 Å². The molecule has 0 aliphatic carbocycles. The smallest absolute Gasteiger partial charge is 0.134 e. The quantitative estimate of drug-likeness (QED) is 0.730. The lowest BCUT2D eigenvalue weighted by Gasteiger charge is -2.05. The number of pyridine rings is 1. The molecule has 0 radical (unpaired) electrons. The second kappa shape index (κ2) is 4.17.